The van der Waals surface area contributed by atoms with Crippen LogP contribution < -0.4 is 5.73 Å². The molecule has 1 fully saturated rings. The van der Waals surface area contributed by atoms with Crippen LogP contribution in [0.25, 0.3) is 0 Å². The van der Waals surface area contributed by atoms with Crippen molar-refractivity contribution in [3.8, 4) is 0 Å². The molecule has 1 aromatic rings. The Morgan fingerprint density at radius 2 is 2.12 bits per heavy atom. The van der Waals surface area contributed by atoms with Crippen molar-refractivity contribution >= 4 is 5.91 Å². The number of hydrogen-bond acceptors (Lipinski definition) is 2. The van der Waals surface area contributed by atoms with E-state index in [1.54, 1.807) is 0 Å². The largest absolute Gasteiger partial charge is 0.369 e. The lowest BCUT2D eigenvalue weighted by molar-refractivity contribution is -0.122. The summed E-state index contributed by atoms with van der Waals surface area (Å²) in [6.07, 6.45) is 2.01. The Bertz CT molecular complexity index is 430. The molecule has 0 spiro atoms. The van der Waals surface area contributed by atoms with E-state index in [9.17, 15) is 4.79 Å². The third-order valence-corrected chi connectivity index (χ3v) is 3.91. The Morgan fingerprint density at radius 1 is 1.31 bits per heavy atom. The topological polar surface area (TPSA) is 46.3 Å². The van der Waals surface area contributed by atoms with Crippen LogP contribution in [0.1, 0.15) is 23.6 Å². The lowest BCUT2D eigenvalue weighted by Gasteiger charge is -2.33. The van der Waals surface area contributed by atoms with E-state index < -0.39 is 0 Å². The van der Waals surface area contributed by atoms with Gasteiger partial charge in [-0.15, -0.1) is 0 Å². The molecular formula is C13H16N2O. The Balaban J connectivity index is 2.04. The first-order valence-corrected chi connectivity index (χ1v) is 5.88. The third-order valence-electron chi connectivity index (χ3n) is 3.91. The predicted octanol–water partition coefficient (Wildman–Crippen LogP) is 1.09. The van der Waals surface area contributed by atoms with Gasteiger partial charge >= 0.3 is 0 Å². The lowest BCUT2D eigenvalue weighted by atomic mass is 9.87. The molecule has 2 N–H and O–H groups in total. The van der Waals surface area contributed by atoms with Crippen LogP contribution in [0.4, 0.5) is 0 Å². The molecular weight excluding hydrogens is 200 g/mol. The molecule has 1 aromatic carbocycles. The summed E-state index contributed by atoms with van der Waals surface area (Å²) in [5.41, 5.74) is 8.20. The molecule has 2 aliphatic heterocycles. The van der Waals surface area contributed by atoms with Gasteiger partial charge in [-0.3, -0.25) is 9.69 Å². The van der Waals surface area contributed by atoms with Crippen LogP contribution in [-0.2, 0) is 11.2 Å². The van der Waals surface area contributed by atoms with E-state index in [0.717, 1.165) is 25.9 Å². The lowest BCUT2D eigenvalue weighted by Crippen LogP contribution is -2.36. The monoisotopic (exact) mass is 216 g/mol. The molecule has 0 bridgehead atoms. The molecule has 2 aliphatic rings. The molecule has 0 radical (unpaired) electrons. The number of nitrogens with zero attached hydrogens (tertiary/aromatic N) is 1. The number of hydrogen-bond donors (Lipinski definition) is 1. The Morgan fingerprint density at radius 3 is 2.94 bits per heavy atom. The maximum absolute atomic E-state index is 11.5. The second-order valence-electron chi connectivity index (χ2n) is 4.73. The van der Waals surface area contributed by atoms with Crippen molar-refractivity contribution in [1.29, 1.82) is 0 Å². The van der Waals surface area contributed by atoms with Gasteiger partial charge in [-0.25, -0.2) is 0 Å². The fourth-order valence-corrected chi connectivity index (χ4v) is 3.13. The molecule has 2 heterocycles. The van der Waals surface area contributed by atoms with E-state index in [-0.39, 0.29) is 17.9 Å². The Labute approximate surface area is 95.2 Å². The number of nitrogens with two attached hydrogens (primary N) is 1. The van der Waals surface area contributed by atoms with Gasteiger partial charge < -0.3 is 5.73 Å². The van der Waals surface area contributed by atoms with Crippen LogP contribution in [0.15, 0.2) is 24.3 Å². The molecule has 2 unspecified atom stereocenters. The van der Waals surface area contributed by atoms with Crippen molar-refractivity contribution in [2.75, 3.05) is 13.1 Å². The fraction of sp³-hybridized carbons (Fsp3) is 0.462. The molecule has 0 aliphatic carbocycles. The summed E-state index contributed by atoms with van der Waals surface area (Å²) in [6, 6.07) is 8.68. The standard InChI is InChI=1S/C13H16N2O/c14-13(16)11-6-8-15-7-5-9-3-1-2-4-10(9)12(11)15/h1-4,11-12H,5-8H2,(H2,14,16). The average Bonchev–Trinajstić information content (AvgIpc) is 2.73. The van der Waals surface area contributed by atoms with Gasteiger partial charge in [0.2, 0.25) is 5.91 Å². The molecule has 3 rings (SSSR count). The summed E-state index contributed by atoms with van der Waals surface area (Å²) in [5, 5.41) is 0. The SMILES string of the molecule is NC(=O)C1CCN2CCc3ccccc3C12. The number of rotatable bonds is 1. The quantitative estimate of drug-likeness (QED) is 0.764. The van der Waals surface area contributed by atoms with Gasteiger partial charge in [0, 0.05) is 12.6 Å². The molecule has 2 atom stereocenters. The zero-order chi connectivity index (χ0) is 11.1. The maximum Gasteiger partial charge on any atom is 0.222 e. The second kappa shape index (κ2) is 3.59. The van der Waals surface area contributed by atoms with E-state index in [4.69, 9.17) is 5.73 Å². The van der Waals surface area contributed by atoms with Crippen LogP contribution in [0.3, 0.4) is 0 Å². The number of amides is 1. The number of primary amides is 1. The first-order valence-electron chi connectivity index (χ1n) is 5.88. The highest BCUT2D eigenvalue weighted by Crippen LogP contribution is 2.41. The molecule has 1 amide bonds. The summed E-state index contributed by atoms with van der Waals surface area (Å²) < 4.78 is 0. The molecule has 84 valence electrons. The van der Waals surface area contributed by atoms with Gasteiger partial charge in [-0.1, -0.05) is 24.3 Å². The highest BCUT2D eigenvalue weighted by molar-refractivity contribution is 5.78. The van der Waals surface area contributed by atoms with E-state index in [1.807, 2.05) is 0 Å². The van der Waals surface area contributed by atoms with Gasteiger partial charge in [-0.2, -0.15) is 0 Å². The number of fused-ring (bicyclic) bond motifs is 3. The van der Waals surface area contributed by atoms with Gasteiger partial charge in [-0.05, 0) is 30.5 Å². The van der Waals surface area contributed by atoms with E-state index >= 15 is 0 Å². The fourth-order valence-electron chi connectivity index (χ4n) is 3.13. The van der Waals surface area contributed by atoms with Crippen LogP contribution in [0.2, 0.25) is 0 Å². The molecule has 0 aromatic heterocycles. The van der Waals surface area contributed by atoms with E-state index in [0.29, 0.717) is 0 Å². The summed E-state index contributed by atoms with van der Waals surface area (Å²) >= 11 is 0. The van der Waals surface area contributed by atoms with Crippen LogP contribution >= 0.6 is 0 Å². The van der Waals surface area contributed by atoms with Crippen molar-refractivity contribution in [3.05, 3.63) is 35.4 Å². The second-order valence-corrected chi connectivity index (χ2v) is 4.73. The number of benzene rings is 1. The smallest absolute Gasteiger partial charge is 0.222 e. The van der Waals surface area contributed by atoms with Crippen LogP contribution in [-0.4, -0.2) is 23.9 Å². The van der Waals surface area contributed by atoms with Gasteiger partial charge in [0.1, 0.15) is 0 Å². The Kier molecular flexibility index (Phi) is 2.21. The van der Waals surface area contributed by atoms with Gasteiger partial charge in [0.25, 0.3) is 0 Å². The minimum Gasteiger partial charge on any atom is -0.369 e. The molecule has 3 heteroatoms. The maximum atomic E-state index is 11.5. The number of carbonyl (C=O) groups is 1. The Hall–Kier alpha value is -1.35. The zero-order valence-corrected chi connectivity index (χ0v) is 9.23. The van der Waals surface area contributed by atoms with Crippen molar-refractivity contribution in [1.82, 2.24) is 4.90 Å². The molecule has 1 saturated heterocycles. The average molecular weight is 216 g/mol. The van der Waals surface area contributed by atoms with E-state index in [2.05, 4.69) is 29.2 Å². The van der Waals surface area contributed by atoms with Crippen LogP contribution in [0, 0.1) is 5.92 Å². The summed E-state index contributed by atoms with van der Waals surface area (Å²) in [5.74, 6) is -0.148. The van der Waals surface area contributed by atoms with Crippen molar-refractivity contribution in [2.24, 2.45) is 11.7 Å². The minimum atomic E-state index is -0.149. The van der Waals surface area contributed by atoms with Gasteiger partial charge in [0.05, 0.1) is 5.92 Å². The van der Waals surface area contributed by atoms with E-state index in [1.165, 1.54) is 11.1 Å². The zero-order valence-electron chi connectivity index (χ0n) is 9.23. The molecule has 16 heavy (non-hydrogen) atoms. The summed E-state index contributed by atoms with van der Waals surface area (Å²) in [7, 11) is 0. The minimum absolute atomic E-state index is 0.00134. The normalized spacial score (nSPS) is 28.5. The summed E-state index contributed by atoms with van der Waals surface area (Å²) in [6.45, 7) is 2.07. The van der Waals surface area contributed by atoms with Crippen molar-refractivity contribution in [3.63, 3.8) is 0 Å². The first-order chi connectivity index (χ1) is 7.77. The summed E-state index contributed by atoms with van der Waals surface area (Å²) in [4.78, 5) is 13.9. The van der Waals surface area contributed by atoms with Crippen LogP contribution in [0.5, 0.6) is 0 Å². The molecule has 0 saturated carbocycles. The number of carbonyl (C=O) groups excluding carboxylic acids is 1. The highest BCUT2D eigenvalue weighted by atomic mass is 16.1. The van der Waals surface area contributed by atoms with Crippen molar-refractivity contribution in [2.45, 2.75) is 18.9 Å². The molecule has 3 nitrogen and oxygen atoms in total. The van der Waals surface area contributed by atoms with Crippen molar-refractivity contribution < 1.29 is 4.79 Å². The van der Waals surface area contributed by atoms with Gasteiger partial charge in [0.15, 0.2) is 0 Å². The third kappa shape index (κ3) is 1.35. The predicted molar refractivity (Wildman–Crippen MR) is 61.8 cm³/mol. The first kappa shape index (κ1) is 9.85. The highest BCUT2D eigenvalue weighted by Gasteiger charge is 2.41.